The van der Waals surface area contributed by atoms with Crippen molar-refractivity contribution in [1.29, 1.82) is 0 Å². The van der Waals surface area contributed by atoms with Crippen molar-refractivity contribution in [2.75, 3.05) is 7.05 Å². The van der Waals surface area contributed by atoms with E-state index in [1.165, 1.54) is 0 Å². The van der Waals surface area contributed by atoms with Crippen LogP contribution in [0.1, 0.15) is 0 Å². The van der Waals surface area contributed by atoms with Crippen LogP contribution < -0.4 is 0 Å². The van der Waals surface area contributed by atoms with Crippen LogP contribution in [0.2, 0.25) is 0 Å². The van der Waals surface area contributed by atoms with E-state index in [9.17, 15) is 0 Å². The van der Waals surface area contributed by atoms with Crippen LogP contribution in [0.3, 0.4) is 0 Å². The summed E-state index contributed by atoms with van der Waals surface area (Å²) in [6.07, 6.45) is 8.00. The maximum Gasteiger partial charge on any atom is 0.0707 e. The smallest absolute Gasteiger partial charge is 0.0707 e. The van der Waals surface area contributed by atoms with Gasteiger partial charge in [-0.25, -0.2) is 0 Å². The van der Waals surface area contributed by atoms with E-state index >= 15 is 0 Å². The van der Waals surface area contributed by atoms with E-state index in [1.54, 1.807) is 0 Å². The van der Waals surface area contributed by atoms with E-state index in [0.717, 1.165) is 0 Å². The molecule has 0 aromatic rings. The highest BCUT2D eigenvalue weighted by Crippen LogP contribution is 1.96. The minimum absolute atomic E-state index is 2.00. The predicted molar refractivity (Wildman–Crippen MR) is 30.3 cm³/mol. The molecule has 0 saturated carbocycles. The molecule has 37 valence electrons. The molecule has 0 aromatic heterocycles. The topological polar surface area (TPSA) is 3.24 Å². The third kappa shape index (κ3) is 1.07. The summed E-state index contributed by atoms with van der Waals surface area (Å²) in [6, 6.07) is 0. The molecule has 0 unspecified atom stereocenters. The molecule has 0 bridgehead atoms. The maximum atomic E-state index is 2.00. The largest absolute Gasteiger partial charge is 0.372 e. The van der Waals surface area contributed by atoms with Gasteiger partial charge >= 0.3 is 0 Å². The Morgan fingerprint density at radius 3 is 2.29 bits per heavy atom. The number of allylic oxidation sites excluding steroid dienone is 2. The predicted octanol–water partition coefficient (Wildman–Crippen LogP) is 1.16. The zero-order valence-corrected chi connectivity index (χ0v) is 4.33. The second kappa shape index (κ2) is 1.82. The van der Waals surface area contributed by atoms with Crippen molar-refractivity contribution >= 4 is 0 Å². The van der Waals surface area contributed by atoms with Gasteiger partial charge < -0.3 is 4.90 Å². The average Bonchev–Trinajstić information content (AvgIpc) is 1.69. The molecule has 0 aromatic carbocycles. The van der Waals surface area contributed by atoms with E-state index in [1.807, 2.05) is 42.9 Å². The van der Waals surface area contributed by atoms with E-state index in [2.05, 4.69) is 0 Å². The van der Waals surface area contributed by atoms with Gasteiger partial charge in [-0.15, -0.1) is 0 Å². The Hall–Kier alpha value is -0.720. The zero-order valence-electron chi connectivity index (χ0n) is 4.33. The van der Waals surface area contributed by atoms with Gasteiger partial charge in [0.1, 0.15) is 0 Å². The molecule has 0 aliphatic carbocycles. The number of likely N-dealkylation sites (N-methyl/N-ethyl adjacent to an activating group) is 1. The lowest BCUT2D eigenvalue weighted by Gasteiger charge is -2.10. The molecule has 1 radical (unpaired) electrons. The second-order valence-corrected chi connectivity index (χ2v) is 1.54. The fourth-order valence-corrected chi connectivity index (χ4v) is 0.485. The van der Waals surface area contributed by atoms with Gasteiger partial charge in [0.2, 0.25) is 0 Å². The lowest BCUT2D eigenvalue weighted by atomic mass is 10.4. The van der Waals surface area contributed by atoms with Crippen molar-refractivity contribution in [3.05, 3.63) is 31.0 Å². The maximum absolute atomic E-state index is 2.00. The molecule has 0 amide bonds. The first-order valence-corrected chi connectivity index (χ1v) is 2.30. The van der Waals surface area contributed by atoms with Gasteiger partial charge in [0.25, 0.3) is 0 Å². The van der Waals surface area contributed by atoms with Crippen LogP contribution >= 0.6 is 0 Å². The minimum Gasteiger partial charge on any atom is -0.372 e. The van der Waals surface area contributed by atoms with Gasteiger partial charge in [0.05, 0.1) is 6.54 Å². The first kappa shape index (κ1) is 4.44. The van der Waals surface area contributed by atoms with E-state index in [4.69, 9.17) is 0 Å². The van der Waals surface area contributed by atoms with Crippen molar-refractivity contribution < 1.29 is 0 Å². The Morgan fingerprint density at radius 2 is 2.00 bits per heavy atom. The summed E-state index contributed by atoms with van der Waals surface area (Å²) in [5, 5.41) is 0. The molecule has 1 aliphatic rings. The first-order valence-electron chi connectivity index (χ1n) is 2.30. The molecule has 7 heavy (non-hydrogen) atoms. The van der Waals surface area contributed by atoms with Crippen LogP contribution in [0, 0.1) is 6.54 Å². The van der Waals surface area contributed by atoms with Gasteiger partial charge in [-0.05, 0) is 12.3 Å². The Bertz CT molecular complexity index is 103. The van der Waals surface area contributed by atoms with Crippen LogP contribution in [0.5, 0.6) is 0 Å². The molecule has 0 spiro atoms. The third-order valence-corrected chi connectivity index (χ3v) is 0.865. The fraction of sp³-hybridized carbons (Fsp3) is 0.167. The van der Waals surface area contributed by atoms with Gasteiger partial charge in [-0.1, -0.05) is 12.2 Å². The Kier molecular flexibility index (Phi) is 1.16. The average molecular weight is 94.1 g/mol. The lowest BCUT2D eigenvalue weighted by Crippen LogP contribution is -2.05. The van der Waals surface area contributed by atoms with Crippen molar-refractivity contribution in [3.63, 3.8) is 0 Å². The van der Waals surface area contributed by atoms with Crippen molar-refractivity contribution in [2.45, 2.75) is 0 Å². The SMILES string of the molecule is CN1[CH]C=CC=C1. The Labute approximate surface area is 43.9 Å². The van der Waals surface area contributed by atoms with Crippen LogP contribution in [0.4, 0.5) is 0 Å². The zero-order chi connectivity index (χ0) is 5.11. The van der Waals surface area contributed by atoms with Crippen molar-refractivity contribution in [1.82, 2.24) is 4.90 Å². The number of hydrogen-bond acceptors (Lipinski definition) is 1. The molecule has 1 rings (SSSR count). The molecule has 0 saturated heterocycles. The lowest BCUT2D eigenvalue weighted by molar-refractivity contribution is 0.575. The Morgan fingerprint density at radius 1 is 1.14 bits per heavy atom. The molecule has 1 nitrogen and oxygen atoms in total. The quantitative estimate of drug-likeness (QED) is 0.435. The van der Waals surface area contributed by atoms with E-state index < -0.39 is 0 Å². The summed E-state index contributed by atoms with van der Waals surface area (Å²) < 4.78 is 0. The monoisotopic (exact) mass is 94.1 g/mol. The second-order valence-electron chi connectivity index (χ2n) is 1.54. The molecule has 0 fully saturated rings. The van der Waals surface area contributed by atoms with Gasteiger partial charge in [-0.3, -0.25) is 0 Å². The van der Waals surface area contributed by atoms with E-state index in [0.29, 0.717) is 0 Å². The van der Waals surface area contributed by atoms with Crippen molar-refractivity contribution in [3.8, 4) is 0 Å². The summed E-state index contributed by atoms with van der Waals surface area (Å²) in [4.78, 5) is 2.00. The van der Waals surface area contributed by atoms with Gasteiger partial charge in [0, 0.05) is 7.05 Å². The third-order valence-electron chi connectivity index (χ3n) is 0.865. The number of rotatable bonds is 0. The summed E-state index contributed by atoms with van der Waals surface area (Å²) in [5.41, 5.74) is 0. The van der Waals surface area contributed by atoms with Gasteiger partial charge in [-0.2, -0.15) is 0 Å². The highest BCUT2D eigenvalue weighted by molar-refractivity contribution is 5.12. The molecule has 1 heteroatoms. The van der Waals surface area contributed by atoms with E-state index in [-0.39, 0.29) is 0 Å². The normalized spacial score (nSPS) is 18.1. The number of hydrogen-bond donors (Lipinski definition) is 0. The summed E-state index contributed by atoms with van der Waals surface area (Å²) in [6.45, 7) is 2.00. The summed E-state index contributed by atoms with van der Waals surface area (Å²) in [5.74, 6) is 0. The molecular weight excluding hydrogens is 86.1 g/mol. The van der Waals surface area contributed by atoms with Gasteiger partial charge in [0.15, 0.2) is 0 Å². The molecule has 1 aliphatic heterocycles. The molecule has 0 atom stereocenters. The minimum atomic E-state index is 2.00. The molecular formula is C6H8N. The van der Waals surface area contributed by atoms with Crippen LogP contribution in [-0.4, -0.2) is 11.9 Å². The van der Waals surface area contributed by atoms with Crippen LogP contribution in [-0.2, 0) is 0 Å². The summed E-state index contributed by atoms with van der Waals surface area (Å²) >= 11 is 0. The fourth-order valence-electron chi connectivity index (χ4n) is 0.485. The van der Waals surface area contributed by atoms with Crippen LogP contribution in [0.15, 0.2) is 24.4 Å². The van der Waals surface area contributed by atoms with Crippen molar-refractivity contribution in [2.24, 2.45) is 0 Å². The molecule has 0 N–H and O–H groups in total. The highest BCUT2D eigenvalue weighted by atomic mass is 15.1. The standard InChI is InChI=1S/C6H8N/c1-7-5-3-2-4-6-7/h2-6H,1H3. The first-order chi connectivity index (χ1) is 3.39. The summed E-state index contributed by atoms with van der Waals surface area (Å²) in [7, 11) is 2.00. The Balaban J connectivity index is 2.49. The van der Waals surface area contributed by atoms with Crippen LogP contribution in [0.25, 0.3) is 0 Å². The molecule has 1 heterocycles. The highest BCUT2D eigenvalue weighted by Gasteiger charge is 1.87. The number of nitrogens with zero attached hydrogens (tertiary/aromatic N) is 1.